The molecular weight excluding hydrogens is 268 g/mol. The number of carbonyl (C=O) groups excluding carboxylic acids is 1. The molecule has 2 nitrogen and oxygen atoms in total. The van der Waals surface area contributed by atoms with E-state index in [1.54, 1.807) is 6.08 Å². The summed E-state index contributed by atoms with van der Waals surface area (Å²) >= 11 is 1.82. The van der Waals surface area contributed by atoms with Crippen LogP contribution in [0.4, 0.5) is 0 Å². The van der Waals surface area contributed by atoms with Gasteiger partial charge in [0.05, 0.1) is 6.42 Å². The summed E-state index contributed by atoms with van der Waals surface area (Å²) in [6, 6.07) is 7.85. The molecule has 0 amide bonds. The van der Waals surface area contributed by atoms with E-state index in [9.17, 15) is 4.79 Å². The van der Waals surface area contributed by atoms with Gasteiger partial charge < -0.3 is 4.74 Å². The third kappa shape index (κ3) is 6.29. The minimum Gasteiger partial charge on any atom is -0.461 e. The molecule has 1 aromatic carbocycles. The smallest absolute Gasteiger partial charge is 0.306 e. The Morgan fingerprint density at radius 1 is 1.35 bits per heavy atom. The van der Waals surface area contributed by atoms with Gasteiger partial charge in [-0.15, -0.1) is 0 Å². The van der Waals surface area contributed by atoms with E-state index < -0.39 is 0 Å². The molecule has 0 spiro atoms. The first-order valence-corrected chi connectivity index (χ1v) is 7.96. The fourth-order valence-electron chi connectivity index (χ4n) is 1.50. The Morgan fingerprint density at radius 3 is 2.55 bits per heavy atom. The molecule has 0 heterocycles. The number of ether oxygens (including phenoxy) is 1. The van der Waals surface area contributed by atoms with E-state index >= 15 is 0 Å². The molecule has 3 heteroatoms. The van der Waals surface area contributed by atoms with Gasteiger partial charge in [0.1, 0.15) is 6.61 Å². The Morgan fingerprint density at radius 2 is 2.00 bits per heavy atom. The zero-order chi connectivity index (χ0) is 15.0. The summed E-state index contributed by atoms with van der Waals surface area (Å²) in [5, 5.41) is 0. The highest BCUT2D eigenvalue weighted by Gasteiger charge is 2.16. The molecule has 0 saturated carbocycles. The van der Waals surface area contributed by atoms with Crippen LogP contribution in [0.5, 0.6) is 0 Å². The van der Waals surface area contributed by atoms with Crippen LogP contribution < -0.4 is 0 Å². The molecule has 0 fully saturated rings. The van der Waals surface area contributed by atoms with Crippen LogP contribution in [0.15, 0.2) is 30.8 Å². The SMILES string of the molecule is C=Cc1ccc(COC(=O)CCSC(C)(C)CC)cc1. The van der Waals surface area contributed by atoms with E-state index in [-0.39, 0.29) is 10.7 Å². The van der Waals surface area contributed by atoms with Crippen LogP contribution in [0.3, 0.4) is 0 Å². The van der Waals surface area contributed by atoms with E-state index in [1.165, 1.54) is 0 Å². The summed E-state index contributed by atoms with van der Waals surface area (Å²) in [6.07, 6.45) is 3.36. The van der Waals surface area contributed by atoms with Crippen LogP contribution in [0.1, 0.15) is 44.7 Å². The Balaban J connectivity index is 2.27. The van der Waals surface area contributed by atoms with Crippen molar-refractivity contribution in [1.82, 2.24) is 0 Å². The van der Waals surface area contributed by atoms with Crippen LogP contribution in [-0.4, -0.2) is 16.5 Å². The number of hydrogen-bond donors (Lipinski definition) is 0. The van der Waals surface area contributed by atoms with Crippen LogP contribution in [0.2, 0.25) is 0 Å². The topological polar surface area (TPSA) is 26.3 Å². The van der Waals surface area contributed by atoms with Crippen LogP contribution in [-0.2, 0) is 16.1 Å². The lowest BCUT2D eigenvalue weighted by Crippen LogP contribution is -2.15. The number of carbonyl (C=O) groups is 1. The summed E-state index contributed by atoms with van der Waals surface area (Å²) < 4.78 is 5.51. The van der Waals surface area contributed by atoms with Gasteiger partial charge in [-0.3, -0.25) is 4.79 Å². The second-order valence-corrected chi connectivity index (χ2v) is 7.12. The van der Waals surface area contributed by atoms with Crippen molar-refractivity contribution in [2.24, 2.45) is 0 Å². The fourth-order valence-corrected chi connectivity index (χ4v) is 2.52. The normalized spacial score (nSPS) is 11.2. The van der Waals surface area contributed by atoms with Gasteiger partial charge in [0, 0.05) is 10.5 Å². The third-order valence-electron chi connectivity index (χ3n) is 3.27. The molecule has 0 aliphatic carbocycles. The van der Waals surface area contributed by atoms with Crippen molar-refractivity contribution in [2.75, 3.05) is 5.75 Å². The maximum absolute atomic E-state index is 11.7. The molecule has 0 N–H and O–H groups in total. The molecule has 1 rings (SSSR count). The molecule has 0 bridgehead atoms. The predicted octanol–water partition coefficient (Wildman–Crippen LogP) is 4.68. The Bertz CT molecular complexity index is 435. The monoisotopic (exact) mass is 292 g/mol. The standard InChI is InChI=1S/C17H24O2S/c1-5-14-7-9-15(10-8-14)13-19-16(18)11-12-20-17(3,4)6-2/h5,7-10H,1,6,11-13H2,2-4H3. The van der Waals surface area contributed by atoms with Crippen molar-refractivity contribution in [1.29, 1.82) is 0 Å². The van der Waals surface area contributed by atoms with Crippen LogP contribution >= 0.6 is 11.8 Å². The molecule has 1 aromatic rings. The highest BCUT2D eigenvalue weighted by atomic mass is 32.2. The highest BCUT2D eigenvalue weighted by Crippen LogP contribution is 2.28. The summed E-state index contributed by atoms with van der Waals surface area (Å²) in [5.41, 5.74) is 2.07. The first kappa shape index (κ1) is 16.8. The van der Waals surface area contributed by atoms with Gasteiger partial charge in [-0.2, -0.15) is 11.8 Å². The molecule has 20 heavy (non-hydrogen) atoms. The van der Waals surface area contributed by atoms with Gasteiger partial charge in [0.25, 0.3) is 0 Å². The molecule has 0 aromatic heterocycles. The molecule has 0 radical (unpaired) electrons. The van der Waals surface area contributed by atoms with E-state index in [1.807, 2.05) is 36.0 Å². The zero-order valence-electron chi connectivity index (χ0n) is 12.6. The van der Waals surface area contributed by atoms with Gasteiger partial charge >= 0.3 is 5.97 Å². The molecule has 110 valence electrons. The van der Waals surface area contributed by atoms with Crippen molar-refractivity contribution in [3.8, 4) is 0 Å². The average Bonchev–Trinajstić information content (AvgIpc) is 2.45. The van der Waals surface area contributed by atoms with Crippen molar-refractivity contribution in [3.05, 3.63) is 42.0 Å². The lowest BCUT2D eigenvalue weighted by molar-refractivity contribution is -0.144. The molecular formula is C17H24O2S. The van der Waals surface area contributed by atoms with Crippen molar-refractivity contribution in [3.63, 3.8) is 0 Å². The first-order valence-electron chi connectivity index (χ1n) is 6.98. The number of thioether (sulfide) groups is 1. The van der Waals surface area contributed by atoms with Gasteiger partial charge in [-0.25, -0.2) is 0 Å². The molecule has 0 atom stereocenters. The number of hydrogen-bond acceptors (Lipinski definition) is 3. The van der Waals surface area contributed by atoms with Gasteiger partial charge in [0.15, 0.2) is 0 Å². The third-order valence-corrected chi connectivity index (χ3v) is 4.74. The first-order chi connectivity index (χ1) is 9.46. The highest BCUT2D eigenvalue weighted by molar-refractivity contribution is 8.00. The van der Waals surface area contributed by atoms with Crippen LogP contribution in [0, 0.1) is 0 Å². The Labute approximate surface area is 126 Å². The molecule has 0 unspecified atom stereocenters. The van der Waals surface area contributed by atoms with E-state index in [0.29, 0.717) is 13.0 Å². The van der Waals surface area contributed by atoms with Crippen molar-refractivity contribution >= 4 is 23.8 Å². The summed E-state index contributed by atoms with van der Waals surface area (Å²) in [5.74, 6) is 0.687. The Kier molecular flexibility index (Phi) is 6.86. The fraction of sp³-hybridized carbons (Fsp3) is 0.471. The average molecular weight is 292 g/mol. The zero-order valence-corrected chi connectivity index (χ0v) is 13.5. The minimum atomic E-state index is -0.128. The summed E-state index contributed by atoms with van der Waals surface area (Å²) in [7, 11) is 0. The van der Waals surface area contributed by atoms with Gasteiger partial charge in [0.2, 0.25) is 0 Å². The van der Waals surface area contributed by atoms with Gasteiger partial charge in [-0.1, -0.05) is 57.7 Å². The largest absolute Gasteiger partial charge is 0.461 e. The molecule has 0 aliphatic heterocycles. The minimum absolute atomic E-state index is 0.128. The van der Waals surface area contributed by atoms with E-state index in [0.717, 1.165) is 23.3 Å². The number of rotatable bonds is 8. The maximum atomic E-state index is 11.7. The van der Waals surface area contributed by atoms with E-state index in [4.69, 9.17) is 4.74 Å². The lowest BCUT2D eigenvalue weighted by Gasteiger charge is -2.21. The molecule has 0 aliphatic rings. The van der Waals surface area contributed by atoms with Crippen LogP contribution in [0.25, 0.3) is 6.08 Å². The lowest BCUT2D eigenvalue weighted by atomic mass is 10.1. The maximum Gasteiger partial charge on any atom is 0.306 e. The number of benzene rings is 1. The second kappa shape index (κ2) is 8.15. The molecule has 0 saturated heterocycles. The van der Waals surface area contributed by atoms with Gasteiger partial charge in [-0.05, 0) is 17.5 Å². The summed E-state index contributed by atoms with van der Waals surface area (Å²) in [4.78, 5) is 11.7. The van der Waals surface area contributed by atoms with E-state index in [2.05, 4.69) is 27.4 Å². The van der Waals surface area contributed by atoms with Crippen molar-refractivity contribution < 1.29 is 9.53 Å². The second-order valence-electron chi connectivity index (χ2n) is 5.32. The van der Waals surface area contributed by atoms with Crippen molar-refractivity contribution in [2.45, 2.75) is 45.0 Å². The Hall–Kier alpha value is -1.22. The number of esters is 1. The summed E-state index contributed by atoms with van der Waals surface area (Å²) in [6.45, 7) is 10.6. The predicted molar refractivity (Wildman–Crippen MR) is 87.8 cm³/mol. The quantitative estimate of drug-likeness (QED) is 0.650.